The van der Waals surface area contributed by atoms with Crippen LogP contribution >= 0.6 is 11.8 Å². The van der Waals surface area contributed by atoms with Gasteiger partial charge in [0, 0.05) is 47.5 Å². The minimum atomic E-state index is -0.691. The number of aryl methyl sites for hydroxylation is 3. The van der Waals surface area contributed by atoms with Crippen LogP contribution in [-0.2, 0) is 27.2 Å². The molecule has 3 aromatic carbocycles. The van der Waals surface area contributed by atoms with E-state index in [1.807, 2.05) is 40.8 Å². The molecule has 0 spiro atoms. The molecule has 0 radical (unpaired) electrons. The number of carbonyl (C=O) groups is 2. The van der Waals surface area contributed by atoms with E-state index in [0.717, 1.165) is 51.8 Å². The number of phenols is 1. The zero-order chi connectivity index (χ0) is 38.8. The molecule has 2 unspecified atom stereocenters. The highest BCUT2D eigenvalue weighted by Gasteiger charge is 2.42. The van der Waals surface area contributed by atoms with Crippen molar-refractivity contribution in [3.63, 3.8) is 0 Å². The van der Waals surface area contributed by atoms with E-state index in [1.165, 1.54) is 6.92 Å². The number of aromatic hydroxyl groups is 1. The van der Waals surface area contributed by atoms with Crippen molar-refractivity contribution in [3.8, 4) is 34.5 Å². The summed E-state index contributed by atoms with van der Waals surface area (Å²) in [6.07, 6.45) is 4.30. The van der Waals surface area contributed by atoms with E-state index < -0.39 is 24.0 Å². The molecule has 12 nitrogen and oxygen atoms in total. The van der Waals surface area contributed by atoms with E-state index in [0.29, 0.717) is 65.1 Å². The van der Waals surface area contributed by atoms with E-state index in [1.54, 1.807) is 26.0 Å². The normalized spacial score (nSPS) is 19.9. The van der Waals surface area contributed by atoms with E-state index in [4.69, 9.17) is 28.4 Å². The Labute approximate surface area is 322 Å². The molecule has 4 atom stereocenters. The Bertz CT molecular complexity index is 1920. The van der Waals surface area contributed by atoms with Crippen molar-refractivity contribution in [2.24, 2.45) is 0 Å². The average molecular weight is 764 g/mol. The zero-order valence-corrected chi connectivity index (χ0v) is 33.6. The maximum absolute atomic E-state index is 14.3. The van der Waals surface area contributed by atoms with Crippen molar-refractivity contribution in [2.45, 2.75) is 78.0 Å². The standard InChI is InChI=1S/C41H53N3O9S/c1-21-15-26-12-13-43-34(28(26)17-31(21)48-7)41(47)50-18-29(32-23(3)38(53-25(5)45)24(4)39-40(32)52-20-51-39)44-14-10-11-27-16-22(2)37(49-8)36(46)33(27)35(42-6)30(44)19-54-9/h15-17,29-30,34-35,42-43,46H,10-14,18-20H2,1-9H3/t29-,30?,34?,35-/m0/s1. The summed E-state index contributed by atoms with van der Waals surface area (Å²) in [5, 5.41) is 18.7. The highest BCUT2D eigenvalue weighted by Crippen LogP contribution is 2.51. The fraction of sp³-hybridized carbons (Fsp3) is 0.512. The number of ether oxygens (including phenoxy) is 6. The second-order valence-electron chi connectivity index (χ2n) is 14.2. The molecule has 0 bridgehead atoms. The van der Waals surface area contributed by atoms with Crippen molar-refractivity contribution >= 4 is 23.7 Å². The Morgan fingerprint density at radius 2 is 1.76 bits per heavy atom. The third-order valence-corrected chi connectivity index (χ3v) is 11.7. The molecule has 0 saturated carbocycles. The number of fused-ring (bicyclic) bond motifs is 3. The van der Waals surface area contributed by atoms with Crippen molar-refractivity contribution in [2.75, 3.05) is 59.8 Å². The first kappa shape index (κ1) is 39.5. The number of nitrogens with zero attached hydrogens (tertiary/aromatic N) is 1. The number of nitrogens with one attached hydrogen (secondary N) is 2. The largest absolute Gasteiger partial charge is 0.504 e. The monoisotopic (exact) mass is 763 g/mol. The zero-order valence-electron chi connectivity index (χ0n) is 32.8. The minimum Gasteiger partial charge on any atom is -0.504 e. The van der Waals surface area contributed by atoms with Crippen molar-refractivity contribution in [3.05, 3.63) is 68.3 Å². The highest BCUT2D eigenvalue weighted by atomic mass is 32.2. The van der Waals surface area contributed by atoms with Crippen molar-refractivity contribution in [1.82, 2.24) is 15.5 Å². The Kier molecular flexibility index (Phi) is 12.2. The summed E-state index contributed by atoms with van der Waals surface area (Å²) in [5.41, 5.74) is 7.73. The van der Waals surface area contributed by atoms with Gasteiger partial charge in [-0.05, 0) is 101 Å². The number of phenolic OH excluding ortho intramolecular Hbond substituents is 1. The van der Waals surface area contributed by atoms with Gasteiger partial charge >= 0.3 is 11.9 Å². The average Bonchev–Trinajstić information content (AvgIpc) is 3.63. The first-order chi connectivity index (χ1) is 25.9. The minimum absolute atomic E-state index is 0.00352. The molecular formula is C41H53N3O9S. The first-order valence-corrected chi connectivity index (χ1v) is 19.8. The number of hydrogen-bond donors (Lipinski definition) is 3. The summed E-state index contributed by atoms with van der Waals surface area (Å²) in [6, 6.07) is 4.30. The third kappa shape index (κ3) is 7.30. The van der Waals surface area contributed by atoms with E-state index in [-0.39, 0.29) is 31.2 Å². The molecule has 0 saturated heterocycles. The summed E-state index contributed by atoms with van der Waals surface area (Å²) in [6.45, 7) is 10.3. The molecular weight excluding hydrogens is 711 g/mol. The Hall–Kier alpha value is -4.17. The van der Waals surface area contributed by atoms with E-state index in [9.17, 15) is 14.7 Å². The van der Waals surface area contributed by atoms with Gasteiger partial charge in [-0.1, -0.05) is 12.1 Å². The van der Waals surface area contributed by atoms with Gasteiger partial charge in [0.15, 0.2) is 23.0 Å². The Balaban J connectivity index is 1.49. The SMILES string of the molecule is CN[C@@H]1c2c(cc(C)c(OC)c2O)CCCN([C@@H](COC(=O)C2NCCc3cc(C)c(OC)cc32)c2c(C)c(OC(C)=O)c(C)c3c2OCO3)C1CSC. The number of esters is 2. The lowest BCUT2D eigenvalue weighted by atomic mass is 9.85. The second kappa shape index (κ2) is 16.7. The Morgan fingerprint density at radius 3 is 2.44 bits per heavy atom. The van der Waals surface area contributed by atoms with Gasteiger partial charge in [0.1, 0.15) is 24.1 Å². The van der Waals surface area contributed by atoms with Crippen LogP contribution in [0.25, 0.3) is 0 Å². The molecule has 0 amide bonds. The predicted octanol–water partition coefficient (Wildman–Crippen LogP) is 5.71. The summed E-state index contributed by atoms with van der Waals surface area (Å²) >= 11 is 1.69. The molecule has 3 aromatic rings. The maximum Gasteiger partial charge on any atom is 0.327 e. The first-order valence-electron chi connectivity index (χ1n) is 18.4. The van der Waals surface area contributed by atoms with Crippen LogP contribution in [0.3, 0.4) is 0 Å². The fourth-order valence-corrected chi connectivity index (χ4v) is 9.35. The van der Waals surface area contributed by atoms with Crippen molar-refractivity contribution in [1.29, 1.82) is 0 Å². The van der Waals surface area contributed by atoms with Crippen LogP contribution in [0.2, 0.25) is 0 Å². The third-order valence-electron chi connectivity index (χ3n) is 11.0. The van der Waals surface area contributed by atoms with Crippen LogP contribution in [-0.4, -0.2) is 87.8 Å². The molecule has 6 rings (SSSR count). The van der Waals surface area contributed by atoms with Crippen LogP contribution in [0.5, 0.6) is 34.5 Å². The quantitative estimate of drug-likeness (QED) is 0.163. The van der Waals surface area contributed by atoms with Gasteiger partial charge < -0.3 is 44.2 Å². The number of benzene rings is 3. The van der Waals surface area contributed by atoms with E-state index >= 15 is 0 Å². The van der Waals surface area contributed by atoms with Crippen LogP contribution in [0.1, 0.15) is 81.5 Å². The predicted molar refractivity (Wildman–Crippen MR) is 208 cm³/mol. The highest BCUT2D eigenvalue weighted by molar-refractivity contribution is 7.98. The molecule has 54 heavy (non-hydrogen) atoms. The number of thioether (sulfide) groups is 1. The molecule has 3 aliphatic rings. The van der Waals surface area contributed by atoms with Gasteiger partial charge in [0.05, 0.1) is 26.3 Å². The van der Waals surface area contributed by atoms with Gasteiger partial charge in [0.2, 0.25) is 6.79 Å². The van der Waals surface area contributed by atoms with E-state index in [2.05, 4.69) is 33.9 Å². The number of likely N-dealkylation sites (N-methyl/N-ethyl adjacent to an activating group) is 1. The summed E-state index contributed by atoms with van der Waals surface area (Å²) in [7, 11) is 5.10. The molecule has 292 valence electrons. The number of carbonyl (C=O) groups excluding carboxylic acids is 2. The molecule has 13 heteroatoms. The molecule has 0 aromatic heterocycles. The topological polar surface area (TPSA) is 137 Å². The number of methoxy groups -OCH3 is 2. The lowest BCUT2D eigenvalue weighted by molar-refractivity contribution is -0.149. The number of hydrogen-bond acceptors (Lipinski definition) is 13. The van der Waals surface area contributed by atoms with Crippen LogP contribution < -0.4 is 34.3 Å². The van der Waals surface area contributed by atoms with Gasteiger partial charge in [-0.15, -0.1) is 0 Å². The Morgan fingerprint density at radius 1 is 1.02 bits per heavy atom. The molecule has 3 heterocycles. The molecule has 3 N–H and O–H groups in total. The van der Waals surface area contributed by atoms with Gasteiger partial charge in [-0.3, -0.25) is 9.69 Å². The lowest BCUT2D eigenvalue weighted by Crippen LogP contribution is -2.50. The lowest BCUT2D eigenvalue weighted by Gasteiger charge is -2.44. The van der Waals surface area contributed by atoms with Gasteiger partial charge in [-0.2, -0.15) is 11.8 Å². The van der Waals surface area contributed by atoms with Crippen molar-refractivity contribution < 1.29 is 43.1 Å². The summed E-state index contributed by atoms with van der Waals surface area (Å²) in [4.78, 5) is 29.1. The molecule has 0 aliphatic carbocycles. The van der Waals surface area contributed by atoms with Crippen LogP contribution in [0, 0.1) is 27.7 Å². The molecule has 3 aliphatic heterocycles. The van der Waals surface area contributed by atoms with Gasteiger partial charge in [-0.25, -0.2) is 4.79 Å². The smallest absolute Gasteiger partial charge is 0.327 e. The summed E-state index contributed by atoms with van der Waals surface area (Å²) < 4.78 is 35.8. The number of rotatable bonds is 11. The fourth-order valence-electron chi connectivity index (χ4n) is 8.63. The van der Waals surface area contributed by atoms with Crippen LogP contribution in [0.4, 0.5) is 0 Å². The summed E-state index contributed by atoms with van der Waals surface area (Å²) in [5.74, 6) is 2.51. The van der Waals surface area contributed by atoms with Gasteiger partial charge in [0.25, 0.3) is 0 Å². The van der Waals surface area contributed by atoms with Crippen LogP contribution in [0.15, 0.2) is 18.2 Å². The second-order valence-corrected chi connectivity index (χ2v) is 15.1. The maximum atomic E-state index is 14.3. The molecule has 0 fully saturated rings.